The molecular weight excluding hydrogens is 140 g/mol. The van der Waals surface area contributed by atoms with E-state index in [9.17, 15) is 0 Å². The van der Waals surface area contributed by atoms with Crippen LogP contribution in [0.5, 0.6) is 0 Å². The number of fused-ring (bicyclic) bond motifs is 1. The standard InChI is InChI=1S/C8H16N2O/c9-10-5-6-11-8-4-2-1-3-7(8)10/h7-8H,1-6,9H2. The van der Waals surface area contributed by atoms with Crippen LogP contribution in [-0.2, 0) is 4.74 Å². The molecular formula is C8H16N2O. The first-order valence-electron chi connectivity index (χ1n) is 4.51. The van der Waals surface area contributed by atoms with Gasteiger partial charge in [0.2, 0.25) is 0 Å². The summed E-state index contributed by atoms with van der Waals surface area (Å²) in [5, 5.41) is 1.97. The number of hydrazine groups is 1. The van der Waals surface area contributed by atoms with Crippen molar-refractivity contribution in [3.05, 3.63) is 0 Å². The lowest BCUT2D eigenvalue weighted by Gasteiger charge is -2.41. The summed E-state index contributed by atoms with van der Waals surface area (Å²) in [5.74, 6) is 5.84. The Morgan fingerprint density at radius 1 is 1.27 bits per heavy atom. The zero-order chi connectivity index (χ0) is 7.68. The monoisotopic (exact) mass is 156 g/mol. The van der Waals surface area contributed by atoms with Crippen molar-refractivity contribution in [2.45, 2.75) is 37.8 Å². The molecule has 2 unspecified atom stereocenters. The normalized spacial score (nSPS) is 40.1. The Morgan fingerprint density at radius 2 is 2.09 bits per heavy atom. The fourth-order valence-corrected chi connectivity index (χ4v) is 2.13. The van der Waals surface area contributed by atoms with Gasteiger partial charge in [0, 0.05) is 6.54 Å². The quantitative estimate of drug-likeness (QED) is 0.519. The van der Waals surface area contributed by atoms with Crippen LogP contribution >= 0.6 is 0 Å². The van der Waals surface area contributed by atoms with Crippen LogP contribution in [0.25, 0.3) is 0 Å². The van der Waals surface area contributed by atoms with Crippen molar-refractivity contribution in [1.29, 1.82) is 0 Å². The Labute approximate surface area is 67.5 Å². The Bertz CT molecular complexity index is 138. The zero-order valence-electron chi connectivity index (χ0n) is 6.83. The molecule has 0 aromatic rings. The van der Waals surface area contributed by atoms with Gasteiger partial charge in [0.25, 0.3) is 0 Å². The number of nitrogens with zero attached hydrogens (tertiary/aromatic N) is 1. The number of ether oxygens (including phenoxy) is 1. The van der Waals surface area contributed by atoms with Crippen molar-refractivity contribution in [2.24, 2.45) is 5.84 Å². The van der Waals surface area contributed by atoms with E-state index in [1.54, 1.807) is 0 Å². The van der Waals surface area contributed by atoms with Gasteiger partial charge in [-0.15, -0.1) is 0 Å². The lowest BCUT2D eigenvalue weighted by Crippen LogP contribution is -2.55. The van der Waals surface area contributed by atoms with Crippen LogP contribution in [0.3, 0.4) is 0 Å². The van der Waals surface area contributed by atoms with Crippen molar-refractivity contribution in [3.63, 3.8) is 0 Å². The summed E-state index contributed by atoms with van der Waals surface area (Å²) in [6.45, 7) is 1.72. The molecule has 0 spiro atoms. The molecule has 0 radical (unpaired) electrons. The number of hydrogen-bond acceptors (Lipinski definition) is 3. The number of nitrogens with two attached hydrogens (primary N) is 1. The molecule has 11 heavy (non-hydrogen) atoms. The summed E-state index contributed by atoms with van der Waals surface area (Å²) in [7, 11) is 0. The molecule has 1 heterocycles. The van der Waals surface area contributed by atoms with E-state index >= 15 is 0 Å². The predicted molar refractivity (Wildman–Crippen MR) is 42.9 cm³/mol. The Hall–Kier alpha value is -0.120. The van der Waals surface area contributed by atoms with Crippen molar-refractivity contribution in [2.75, 3.05) is 13.2 Å². The highest BCUT2D eigenvalue weighted by Gasteiger charge is 2.32. The van der Waals surface area contributed by atoms with E-state index in [1.165, 1.54) is 25.7 Å². The van der Waals surface area contributed by atoms with Crippen molar-refractivity contribution < 1.29 is 4.74 Å². The van der Waals surface area contributed by atoms with Crippen molar-refractivity contribution in [3.8, 4) is 0 Å². The molecule has 1 aliphatic heterocycles. The fraction of sp³-hybridized carbons (Fsp3) is 1.00. The molecule has 1 saturated heterocycles. The van der Waals surface area contributed by atoms with Gasteiger partial charge in [-0.3, -0.25) is 5.84 Å². The Kier molecular flexibility index (Phi) is 2.11. The van der Waals surface area contributed by atoms with Crippen LogP contribution in [-0.4, -0.2) is 30.3 Å². The van der Waals surface area contributed by atoms with Crippen LogP contribution in [0.15, 0.2) is 0 Å². The lowest BCUT2D eigenvalue weighted by molar-refractivity contribution is -0.0887. The topological polar surface area (TPSA) is 38.5 Å². The van der Waals surface area contributed by atoms with Gasteiger partial charge in [0.15, 0.2) is 0 Å². The van der Waals surface area contributed by atoms with Crippen LogP contribution in [0.2, 0.25) is 0 Å². The summed E-state index contributed by atoms with van der Waals surface area (Å²) in [6, 6.07) is 0.512. The molecule has 0 bridgehead atoms. The minimum absolute atomic E-state index is 0.433. The summed E-state index contributed by atoms with van der Waals surface area (Å²) in [5.41, 5.74) is 0. The van der Waals surface area contributed by atoms with Crippen LogP contribution < -0.4 is 5.84 Å². The van der Waals surface area contributed by atoms with Crippen LogP contribution in [0.4, 0.5) is 0 Å². The van der Waals surface area contributed by atoms with Gasteiger partial charge in [0.1, 0.15) is 0 Å². The minimum Gasteiger partial charge on any atom is -0.375 e. The third-order valence-corrected chi connectivity index (χ3v) is 2.78. The first-order chi connectivity index (χ1) is 5.38. The van der Waals surface area contributed by atoms with Gasteiger partial charge < -0.3 is 4.74 Å². The van der Waals surface area contributed by atoms with E-state index < -0.39 is 0 Å². The second-order valence-electron chi connectivity index (χ2n) is 3.50. The maximum atomic E-state index is 5.84. The molecule has 3 heteroatoms. The van der Waals surface area contributed by atoms with E-state index in [2.05, 4.69) is 0 Å². The molecule has 2 aliphatic rings. The summed E-state index contributed by atoms with van der Waals surface area (Å²) >= 11 is 0. The average Bonchev–Trinajstić information content (AvgIpc) is 2.06. The zero-order valence-corrected chi connectivity index (χ0v) is 6.83. The molecule has 3 nitrogen and oxygen atoms in total. The third-order valence-electron chi connectivity index (χ3n) is 2.78. The molecule has 1 aliphatic carbocycles. The van der Waals surface area contributed by atoms with Crippen LogP contribution in [0.1, 0.15) is 25.7 Å². The highest BCUT2D eigenvalue weighted by atomic mass is 16.5. The maximum Gasteiger partial charge on any atom is 0.0744 e. The summed E-state index contributed by atoms with van der Waals surface area (Å²) in [4.78, 5) is 0. The average molecular weight is 156 g/mol. The molecule has 0 aromatic carbocycles. The Morgan fingerprint density at radius 3 is 2.91 bits per heavy atom. The van der Waals surface area contributed by atoms with E-state index in [0.717, 1.165) is 13.2 Å². The van der Waals surface area contributed by atoms with E-state index in [1.807, 2.05) is 5.01 Å². The van der Waals surface area contributed by atoms with Gasteiger partial charge in [-0.25, -0.2) is 5.01 Å². The largest absolute Gasteiger partial charge is 0.375 e. The third kappa shape index (κ3) is 1.41. The number of rotatable bonds is 0. The molecule has 64 valence electrons. The fourth-order valence-electron chi connectivity index (χ4n) is 2.13. The highest BCUT2D eigenvalue weighted by molar-refractivity contribution is 4.84. The molecule has 2 atom stereocenters. The van der Waals surface area contributed by atoms with Crippen molar-refractivity contribution in [1.82, 2.24) is 5.01 Å². The Balaban J connectivity index is 1.99. The molecule has 2 rings (SSSR count). The van der Waals surface area contributed by atoms with E-state index in [0.29, 0.717) is 12.1 Å². The molecule has 0 amide bonds. The van der Waals surface area contributed by atoms with Gasteiger partial charge in [-0.2, -0.15) is 0 Å². The molecule has 2 fully saturated rings. The molecule has 1 saturated carbocycles. The lowest BCUT2D eigenvalue weighted by atomic mass is 9.91. The predicted octanol–water partition coefficient (Wildman–Crippen LogP) is 0.503. The highest BCUT2D eigenvalue weighted by Crippen LogP contribution is 2.26. The maximum absolute atomic E-state index is 5.84. The van der Waals surface area contributed by atoms with E-state index in [-0.39, 0.29) is 0 Å². The molecule has 0 aromatic heterocycles. The number of morpholine rings is 1. The SMILES string of the molecule is NN1CCOC2CCCCC21. The van der Waals surface area contributed by atoms with Gasteiger partial charge in [0.05, 0.1) is 18.8 Å². The van der Waals surface area contributed by atoms with Crippen molar-refractivity contribution >= 4 is 0 Å². The second kappa shape index (κ2) is 3.09. The summed E-state index contributed by atoms with van der Waals surface area (Å²) in [6.07, 6.45) is 5.50. The first kappa shape index (κ1) is 7.53. The van der Waals surface area contributed by atoms with Crippen LogP contribution in [0, 0.1) is 0 Å². The van der Waals surface area contributed by atoms with E-state index in [4.69, 9.17) is 10.6 Å². The van der Waals surface area contributed by atoms with Gasteiger partial charge in [-0.1, -0.05) is 12.8 Å². The summed E-state index contributed by atoms with van der Waals surface area (Å²) < 4.78 is 5.63. The molecule has 2 N–H and O–H groups in total. The first-order valence-corrected chi connectivity index (χ1v) is 4.51. The second-order valence-corrected chi connectivity index (χ2v) is 3.50. The smallest absolute Gasteiger partial charge is 0.0744 e. The van der Waals surface area contributed by atoms with Gasteiger partial charge in [-0.05, 0) is 12.8 Å². The minimum atomic E-state index is 0.433. The number of hydrogen-bond donors (Lipinski definition) is 1. The van der Waals surface area contributed by atoms with Gasteiger partial charge >= 0.3 is 0 Å².